The number of hydrogen-bond acceptors (Lipinski definition) is 4. The number of carbonyl (C=O) groups excluding carboxylic acids is 1. The van der Waals surface area contributed by atoms with Crippen molar-refractivity contribution in [2.75, 3.05) is 25.0 Å². The first-order valence-electron chi connectivity index (χ1n) is 11.4. The number of rotatable bonds is 4. The predicted octanol–water partition coefficient (Wildman–Crippen LogP) is 4.06. The van der Waals surface area contributed by atoms with Gasteiger partial charge in [-0.25, -0.2) is 4.68 Å². The number of nitrogens with one attached hydrogen (secondary N) is 2. The molecule has 0 unspecified atom stereocenters. The lowest BCUT2D eigenvalue weighted by atomic mass is 9.82. The van der Waals surface area contributed by atoms with E-state index in [2.05, 4.69) is 20.6 Å². The molecule has 1 aromatic heterocycles. The smallest absolute Gasteiger partial charge is 0.367 e. The number of amides is 1. The SMILES string of the molecule is CC(C)(C)[C@@H]1C[C@H](C(F)(F)F)n2nc([C@@H]3CCN(CC(=O)NC4CCCC4)C3)cc2N1. The minimum Gasteiger partial charge on any atom is -0.367 e. The summed E-state index contributed by atoms with van der Waals surface area (Å²) in [5.41, 5.74) is 0.390. The average molecular weight is 442 g/mol. The molecule has 3 aliphatic rings. The summed E-state index contributed by atoms with van der Waals surface area (Å²) in [4.78, 5) is 14.4. The first kappa shape index (κ1) is 22.4. The summed E-state index contributed by atoms with van der Waals surface area (Å²) in [5.74, 6) is 0.533. The molecular weight excluding hydrogens is 407 g/mol. The van der Waals surface area contributed by atoms with Crippen LogP contribution >= 0.6 is 0 Å². The minimum absolute atomic E-state index is 0.0285. The van der Waals surface area contributed by atoms with Gasteiger partial charge in [-0.05, 0) is 37.6 Å². The molecule has 174 valence electrons. The molecule has 0 spiro atoms. The van der Waals surface area contributed by atoms with E-state index in [4.69, 9.17) is 0 Å². The van der Waals surface area contributed by atoms with E-state index in [0.717, 1.165) is 30.5 Å². The second-order valence-corrected chi connectivity index (χ2v) is 10.5. The molecule has 1 saturated heterocycles. The fraction of sp³-hybridized carbons (Fsp3) is 0.818. The number of carbonyl (C=O) groups is 1. The monoisotopic (exact) mass is 441 g/mol. The van der Waals surface area contributed by atoms with Gasteiger partial charge in [-0.1, -0.05) is 33.6 Å². The molecule has 2 fully saturated rings. The fourth-order valence-corrected chi connectivity index (χ4v) is 5.13. The summed E-state index contributed by atoms with van der Waals surface area (Å²) >= 11 is 0. The summed E-state index contributed by atoms with van der Waals surface area (Å²) in [6.45, 7) is 7.61. The maximum Gasteiger partial charge on any atom is 0.410 e. The Morgan fingerprint density at radius 2 is 1.94 bits per heavy atom. The highest BCUT2D eigenvalue weighted by molar-refractivity contribution is 5.78. The second-order valence-electron chi connectivity index (χ2n) is 10.5. The van der Waals surface area contributed by atoms with E-state index >= 15 is 0 Å². The quantitative estimate of drug-likeness (QED) is 0.740. The Morgan fingerprint density at radius 3 is 2.58 bits per heavy atom. The molecule has 1 aromatic rings. The molecule has 3 atom stereocenters. The Balaban J connectivity index is 1.43. The largest absolute Gasteiger partial charge is 0.410 e. The average Bonchev–Trinajstić information content (AvgIpc) is 3.38. The van der Waals surface area contributed by atoms with E-state index in [1.165, 1.54) is 12.8 Å². The molecule has 9 heteroatoms. The number of anilines is 1. The van der Waals surface area contributed by atoms with Gasteiger partial charge >= 0.3 is 6.18 Å². The van der Waals surface area contributed by atoms with E-state index in [9.17, 15) is 18.0 Å². The molecule has 6 nitrogen and oxygen atoms in total. The number of likely N-dealkylation sites (tertiary alicyclic amines) is 1. The Kier molecular flexibility index (Phi) is 6.00. The highest BCUT2D eigenvalue weighted by atomic mass is 19.4. The Labute approximate surface area is 181 Å². The maximum absolute atomic E-state index is 13.8. The van der Waals surface area contributed by atoms with Crippen LogP contribution in [0.4, 0.5) is 19.0 Å². The van der Waals surface area contributed by atoms with Crippen molar-refractivity contribution in [2.24, 2.45) is 5.41 Å². The summed E-state index contributed by atoms with van der Waals surface area (Å²) in [5, 5.41) is 10.8. The normalized spacial score (nSPS) is 27.9. The molecule has 4 rings (SSSR count). The third kappa shape index (κ3) is 5.02. The van der Waals surface area contributed by atoms with Crippen molar-refractivity contribution < 1.29 is 18.0 Å². The lowest BCUT2D eigenvalue weighted by Crippen LogP contribution is -2.44. The van der Waals surface area contributed by atoms with E-state index in [1.807, 2.05) is 20.8 Å². The van der Waals surface area contributed by atoms with E-state index < -0.39 is 12.2 Å². The van der Waals surface area contributed by atoms with Crippen LogP contribution in [0.5, 0.6) is 0 Å². The molecule has 1 saturated carbocycles. The highest BCUT2D eigenvalue weighted by Gasteiger charge is 2.48. The number of hydrogen-bond donors (Lipinski definition) is 2. The van der Waals surface area contributed by atoms with Crippen LogP contribution in [0, 0.1) is 5.41 Å². The van der Waals surface area contributed by atoms with Gasteiger partial charge in [0.25, 0.3) is 0 Å². The van der Waals surface area contributed by atoms with Gasteiger partial charge in [-0.15, -0.1) is 0 Å². The van der Waals surface area contributed by atoms with Crippen molar-refractivity contribution in [2.45, 2.75) is 89.5 Å². The molecule has 0 bridgehead atoms. The van der Waals surface area contributed by atoms with Gasteiger partial charge in [0.1, 0.15) is 5.82 Å². The van der Waals surface area contributed by atoms with E-state index in [1.54, 1.807) is 6.07 Å². The van der Waals surface area contributed by atoms with Crippen LogP contribution in [0.2, 0.25) is 0 Å². The second kappa shape index (κ2) is 8.30. The number of alkyl halides is 3. The summed E-state index contributed by atoms with van der Waals surface area (Å²) in [6, 6.07) is 0.183. The van der Waals surface area contributed by atoms with Crippen LogP contribution in [0.3, 0.4) is 0 Å². The van der Waals surface area contributed by atoms with Crippen LogP contribution < -0.4 is 10.6 Å². The third-order valence-corrected chi connectivity index (χ3v) is 7.03. The van der Waals surface area contributed by atoms with Crippen molar-refractivity contribution in [3.05, 3.63) is 11.8 Å². The fourth-order valence-electron chi connectivity index (χ4n) is 5.13. The molecule has 3 heterocycles. The topological polar surface area (TPSA) is 62.2 Å². The first-order valence-corrected chi connectivity index (χ1v) is 11.4. The van der Waals surface area contributed by atoms with Crippen molar-refractivity contribution >= 4 is 11.7 Å². The van der Waals surface area contributed by atoms with Crippen molar-refractivity contribution in [3.8, 4) is 0 Å². The maximum atomic E-state index is 13.8. The van der Waals surface area contributed by atoms with Gasteiger partial charge in [-0.2, -0.15) is 18.3 Å². The van der Waals surface area contributed by atoms with Crippen molar-refractivity contribution in [1.82, 2.24) is 20.0 Å². The van der Waals surface area contributed by atoms with Crippen LogP contribution in [0.15, 0.2) is 6.07 Å². The number of fused-ring (bicyclic) bond motifs is 1. The van der Waals surface area contributed by atoms with Gasteiger partial charge in [0.15, 0.2) is 6.04 Å². The van der Waals surface area contributed by atoms with Crippen LogP contribution in [0.25, 0.3) is 0 Å². The Bertz CT molecular complexity index is 794. The van der Waals surface area contributed by atoms with Crippen LogP contribution in [-0.4, -0.2) is 58.5 Å². The lowest BCUT2D eigenvalue weighted by molar-refractivity contribution is -0.175. The zero-order valence-electron chi connectivity index (χ0n) is 18.6. The molecule has 31 heavy (non-hydrogen) atoms. The zero-order valence-corrected chi connectivity index (χ0v) is 18.6. The van der Waals surface area contributed by atoms with Gasteiger partial charge in [0.05, 0.1) is 12.2 Å². The van der Waals surface area contributed by atoms with Gasteiger partial charge in [0.2, 0.25) is 5.91 Å². The van der Waals surface area contributed by atoms with Gasteiger partial charge in [0, 0.05) is 30.6 Å². The number of aromatic nitrogens is 2. The van der Waals surface area contributed by atoms with Crippen molar-refractivity contribution in [3.63, 3.8) is 0 Å². The van der Waals surface area contributed by atoms with Crippen LogP contribution in [-0.2, 0) is 4.79 Å². The molecule has 2 N–H and O–H groups in total. The molecule has 0 radical (unpaired) electrons. The van der Waals surface area contributed by atoms with E-state index in [0.29, 0.717) is 30.6 Å². The Morgan fingerprint density at radius 1 is 1.23 bits per heavy atom. The molecule has 2 aliphatic heterocycles. The van der Waals surface area contributed by atoms with E-state index in [-0.39, 0.29) is 29.7 Å². The summed E-state index contributed by atoms with van der Waals surface area (Å²) in [7, 11) is 0. The lowest BCUT2D eigenvalue weighted by Gasteiger charge is -2.39. The summed E-state index contributed by atoms with van der Waals surface area (Å²) in [6.07, 6.45) is 0.875. The minimum atomic E-state index is -4.34. The van der Waals surface area contributed by atoms with Gasteiger partial charge in [-0.3, -0.25) is 9.69 Å². The standard InChI is InChI=1S/C22H34F3N5O/c1-21(2,3)17-11-18(22(23,24)25)30-19(27-17)10-16(28-30)14-8-9-29(12-14)13-20(31)26-15-6-4-5-7-15/h10,14-15,17-18,27H,4-9,11-13H2,1-3H3,(H,26,31)/t14-,17+,18-/m1/s1. The Hall–Kier alpha value is -1.77. The summed E-state index contributed by atoms with van der Waals surface area (Å²) < 4.78 is 42.5. The molecular formula is C22H34F3N5O. The van der Waals surface area contributed by atoms with Gasteiger partial charge < -0.3 is 10.6 Å². The first-order chi connectivity index (χ1) is 14.5. The predicted molar refractivity (Wildman–Crippen MR) is 113 cm³/mol. The van der Waals surface area contributed by atoms with Crippen LogP contribution in [0.1, 0.15) is 76.9 Å². The zero-order chi connectivity index (χ0) is 22.4. The number of halogens is 3. The van der Waals surface area contributed by atoms with Crippen molar-refractivity contribution in [1.29, 1.82) is 0 Å². The third-order valence-electron chi connectivity index (χ3n) is 7.03. The molecule has 0 aromatic carbocycles. The molecule has 1 amide bonds. The highest BCUT2D eigenvalue weighted by Crippen LogP contribution is 2.44. The number of nitrogens with zero attached hydrogens (tertiary/aromatic N) is 3. The molecule has 1 aliphatic carbocycles.